The van der Waals surface area contributed by atoms with Crippen molar-refractivity contribution in [1.82, 2.24) is 4.98 Å². The van der Waals surface area contributed by atoms with Crippen molar-refractivity contribution in [2.75, 3.05) is 6.61 Å². The Bertz CT molecular complexity index is 395. The summed E-state index contributed by atoms with van der Waals surface area (Å²) < 4.78 is 5.00. The van der Waals surface area contributed by atoms with E-state index in [-0.39, 0.29) is 5.97 Å². The molecule has 1 saturated carbocycles. The van der Waals surface area contributed by atoms with Crippen molar-refractivity contribution in [3.8, 4) is 0 Å². The fourth-order valence-corrected chi connectivity index (χ4v) is 2.24. The van der Waals surface area contributed by atoms with E-state index in [1.807, 2.05) is 0 Å². The molecule has 0 N–H and O–H groups in total. The van der Waals surface area contributed by atoms with Gasteiger partial charge in [-0.05, 0) is 19.8 Å². The number of carbonyl (C=O) groups is 2. The van der Waals surface area contributed by atoms with Gasteiger partial charge in [0.05, 0.1) is 12.3 Å². The topological polar surface area (TPSA) is 56.3 Å². The van der Waals surface area contributed by atoms with Crippen molar-refractivity contribution in [2.24, 2.45) is 0 Å². The van der Waals surface area contributed by atoms with E-state index in [4.69, 9.17) is 4.74 Å². The van der Waals surface area contributed by atoms with Gasteiger partial charge in [0.2, 0.25) is 0 Å². The highest BCUT2D eigenvalue weighted by atomic mass is 32.1. The van der Waals surface area contributed by atoms with E-state index < -0.39 is 5.41 Å². The standard InChI is InChI=1S/C10H11NO3S/c1-2-14-9(13)10(3-4-10)7-6-15-8(5-12)11-7/h5-6H,2-4H2,1H3. The molecule has 0 aliphatic heterocycles. The summed E-state index contributed by atoms with van der Waals surface area (Å²) in [6, 6.07) is 0. The summed E-state index contributed by atoms with van der Waals surface area (Å²) in [6.07, 6.45) is 2.25. The lowest BCUT2D eigenvalue weighted by Crippen LogP contribution is -2.23. The van der Waals surface area contributed by atoms with E-state index in [0.29, 0.717) is 23.6 Å². The molecule has 0 unspecified atom stereocenters. The number of rotatable bonds is 4. The zero-order valence-corrected chi connectivity index (χ0v) is 9.17. The highest BCUT2D eigenvalue weighted by Crippen LogP contribution is 2.49. The molecule has 5 heteroatoms. The van der Waals surface area contributed by atoms with E-state index in [9.17, 15) is 9.59 Å². The first-order valence-corrected chi connectivity index (χ1v) is 5.69. The number of ether oxygens (including phenoxy) is 1. The van der Waals surface area contributed by atoms with Crippen LogP contribution < -0.4 is 0 Å². The van der Waals surface area contributed by atoms with Crippen LogP contribution in [0.15, 0.2) is 5.38 Å². The van der Waals surface area contributed by atoms with Crippen LogP contribution in [0.25, 0.3) is 0 Å². The summed E-state index contributed by atoms with van der Waals surface area (Å²) in [4.78, 5) is 26.3. The molecule has 80 valence electrons. The highest BCUT2D eigenvalue weighted by Gasteiger charge is 2.54. The number of hydrogen-bond donors (Lipinski definition) is 0. The number of esters is 1. The van der Waals surface area contributed by atoms with Crippen LogP contribution in [0.5, 0.6) is 0 Å². The molecule has 2 rings (SSSR count). The van der Waals surface area contributed by atoms with Gasteiger partial charge in [0.25, 0.3) is 0 Å². The van der Waals surface area contributed by atoms with E-state index in [0.717, 1.165) is 12.8 Å². The van der Waals surface area contributed by atoms with Gasteiger partial charge in [-0.1, -0.05) is 0 Å². The fourth-order valence-electron chi connectivity index (χ4n) is 1.52. The Morgan fingerprint density at radius 2 is 2.47 bits per heavy atom. The van der Waals surface area contributed by atoms with Gasteiger partial charge in [-0.25, -0.2) is 4.98 Å². The molecule has 1 heterocycles. The first kappa shape index (κ1) is 10.3. The molecule has 4 nitrogen and oxygen atoms in total. The van der Waals surface area contributed by atoms with Crippen molar-refractivity contribution in [1.29, 1.82) is 0 Å². The molecule has 0 atom stereocenters. The predicted octanol–water partition coefficient (Wildman–Crippen LogP) is 1.55. The number of hydrogen-bond acceptors (Lipinski definition) is 5. The number of thiazole rings is 1. The molecule has 1 fully saturated rings. The Morgan fingerprint density at radius 3 is 2.93 bits per heavy atom. The SMILES string of the molecule is CCOC(=O)C1(c2csc(C=O)n2)CC1. The van der Waals surface area contributed by atoms with Gasteiger partial charge in [-0.2, -0.15) is 0 Å². The van der Waals surface area contributed by atoms with Gasteiger partial charge in [-0.15, -0.1) is 11.3 Å². The average molecular weight is 225 g/mol. The molecule has 0 aromatic carbocycles. The third-order valence-corrected chi connectivity index (χ3v) is 3.30. The number of nitrogens with zero attached hydrogens (tertiary/aromatic N) is 1. The summed E-state index contributed by atoms with van der Waals surface area (Å²) >= 11 is 1.26. The maximum absolute atomic E-state index is 11.7. The largest absolute Gasteiger partial charge is 0.465 e. The van der Waals surface area contributed by atoms with Gasteiger partial charge in [-0.3, -0.25) is 9.59 Å². The lowest BCUT2D eigenvalue weighted by atomic mass is 10.0. The monoisotopic (exact) mass is 225 g/mol. The molecule has 1 aliphatic rings. The van der Waals surface area contributed by atoms with Crippen LogP contribution in [-0.4, -0.2) is 23.8 Å². The minimum atomic E-state index is -0.548. The smallest absolute Gasteiger partial charge is 0.318 e. The Hall–Kier alpha value is -1.23. The first-order valence-electron chi connectivity index (χ1n) is 4.81. The Kier molecular flexibility index (Phi) is 2.56. The molecule has 0 amide bonds. The molecule has 0 spiro atoms. The second-order valence-electron chi connectivity index (χ2n) is 3.49. The lowest BCUT2D eigenvalue weighted by Gasteiger charge is -2.10. The van der Waals surface area contributed by atoms with Gasteiger partial charge in [0.1, 0.15) is 5.41 Å². The molecule has 1 aromatic rings. The van der Waals surface area contributed by atoms with Crippen LogP contribution in [0.3, 0.4) is 0 Å². The molecule has 1 aliphatic carbocycles. The Morgan fingerprint density at radius 1 is 1.73 bits per heavy atom. The molecular formula is C10H11NO3S. The van der Waals surface area contributed by atoms with Crippen LogP contribution >= 0.6 is 11.3 Å². The van der Waals surface area contributed by atoms with E-state index >= 15 is 0 Å². The maximum atomic E-state index is 11.7. The van der Waals surface area contributed by atoms with Gasteiger partial charge < -0.3 is 4.74 Å². The first-order chi connectivity index (χ1) is 7.23. The van der Waals surface area contributed by atoms with Crippen molar-refractivity contribution < 1.29 is 14.3 Å². The third kappa shape index (κ3) is 1.67. The fraction of sp³-hybridized carbons (Fsp3) is 0.500. The van der Waals surface area contributed by atoms with Crippen molar-refractivity contribution >= 4 is 23.6 Å². The second kappa shape index (κ2) is 3.73. The molecule has 1 aromatic heterocycles. The van der Waals surface area contributed by atoms with Gasteiger partial charge in [0.15, 0.2) is 11.3 Å². The highest BCUT2D eigenvalue weighted by molar-refractivity contribution is 7.11. The lowest BCUT2D eigenvalue weighted by molar-refractivity contribution is -0.146. The summed E-state index contributed by atoms with van der Waals surface area (Å²) in [5.41, 5.74) is 0.140. The minimum absolute atomic E-state index is 0.215. The van der Waals surface area contributed by atoms with E-state index in [2.05, 4.69) is 4.98 Å². The Balaban J connectivity index is 2.22. The molecule has 15 heavy (non-hydrogen) atoms. The summed E-state index contributed by atoms with van der Waals surface area (Å²) in [5.74, 6) is -0.215. The van der Waals surface area contributed by atoms with Crippen LogP contribution in [0.1, 0.15) is 35.3 Å². The van der Waals surface area contributed by atoms with Gasteiger partial charge in [0, 0.05) is 5.38 Å². The number of carbonyl (C=O) groups excluding carboxylic acids is 2. The Labute approximate surface area is 91.3 Å². The maximum Gasteiger partial charge on any atom is 0.318 e. The second-order valence-corrected chi connectivity index (χ2v) is 4.38. The number of aldehydes is 1. The molecule has 0 radical (unpaired) electrons. The van der Waals surface area contributed by atoms with Crippen LogP contribution in [-0.2, 0) is 14.9 Å². The zero-order chi connectivity index (χ0) is 10.9. The quantitative estimate of drug-likeness (QED) is 0.576. The predicted molar refractivity (Wildman–Crippen MR) is 55.0 cm³/mol. The zero-order valence-electron chi connectivity index (χ0n) is 8.36. The van der Waals surface area contributed by atoms with Crippen molar-refractivity contribution in [3.63, 3.8) is 0 Å². The molecular weight excluding hydrogens is 214 g/mol. The number of aromatic nitrogens is 1. The summed E-state index contributed by atoms with van der Waals surface area (Å²) in [6.45, 7) is 2.16. The van der Waals surface area contributed by atoms with Crippen molar-refractivity contribution in [2.45, 2.75) is 25.2 Å². The normalized spacial score (nSPS) is 17.1. The van der Waals surface area contributed by atoms with Crippen LogP contribution in [0.4, 0.5) is 0 Å². The molecule has 0 bridgehead atoms. The van der Waals surface area contributed by atoms with Crippen molar-refractivity contribution in [3.05, 3.63) is 16.1 Å². The van der Waals surface area contributed by atoms with E-state index in [1.54, 1.807) is 12.3 Å². The third-order valence-electron chi connectivity index (χ3n) is 2.53. The van der Waals surface area contributed by atoms with E-state index in [1.165, 1.54) is 11.3 Å². The molecule has 0 saturated heterocycles. The van der Waals surface area contributed by atoms with Crippen LogP contribution in [0, 0.1) is 0 Å². The minimum Gasteiger partial charge on any atom is -0.465 e. The van der Waals surface area contributed by atoms with Crippen LogP contribution in [0.2, 0.25) is 0 Å². The summed E-state index contributed by atoms with van der Waals surface area (Å²) in [5, 5.41) is 2.19. The average Bonchev–Trinajstić information content (AvgIpc) is 2.91. The summed E-state index contributed by atoms with van der Waals surface area (Å²) in [7, 11) is 0. The van der Waals surface area contributed by atoms with Gasteiger partial charge >= 0.3 is 5.97 Å².